The summed E-state index contributed by atoms with van der Waals surface area (Å²) in [5.41, 5.74) is -0.854. The van der Waals surface area contributed by atoms with Crippen molar-refractivity contribution in [1.29, 1.82) is 0 Å². The van der Waals surface area contributed by atoms with Crippen molar-refractivity contribution in [3.05, 3.63) is 0 Å². The number of rotatable bonds is 7. The number of carbonyl (C=O) groups excluding carboxylic acids is 1. The van der Waals surface area contributed by atoms with Gasteiger partial charge in [-0.05, 0) is 12.8 Å². The van der Waals surface area contributed by atoms with Gasteiger partial charge in [-0.1, -0.05) is 6.42 Å². The van der Waals surface area contributed by atoms with Crippen LogP contribution in [-0.2, 0) is 14.8 Å². The second-order valence-corrected chi connectivity index (χ2v) is 7.45. The number of nitrogens with zero attached hydrogens (tertiary/aromatic N) is 1. The van der Waals surface area contributed by atoms with Crippen LogP contribution in [-0.4, -0.2) is 62.8 Å². The third-order valence-corrected chi connectivity index (χ3v) is 5.39. The zero-order valence-corrected chi connectivity index (χ0v) is 12.5. The maximum absolute atomic E-state index is 11.5. The summed E-state index contributed by atoms with van der Waals surface area (Å²) in [5, 5.41) is 14.0. The molecule has 0 aromatic rings. The first-order valence-electron chi connectivity index (χ1n) is 6.35. The fraction of sp³-hybridized carbons (Fsp3) is 0.818. The minimum atomic E-state index is -3.35. The summed E-state index contributed by atoms with van der Waals surface area (Å²) < 4.78 is 24.0. The number of amides is 2. The van der Waals surface area contributed by atoms with E-state index in [1.54, 1.807) is 0 Å². The first kappa shape index (κ1) is 16.7. The summed E-state index contributed by atoms with van der Waals surface area (Å²) in [5.74, 6) is -1.10. The lowest BCUT2D eigenvalue weighted by Gasteiger charge is -2.37. The van der Waals surface area contributed by atoms with E-state index in [1.807, 2.05) is 0 Å². The predicted molar refractivity (Wildman–Crippen MR) is 72.8 cm³/mol. The largest absolute Gasteiger partial charge is 0.481 e. The van der Waals surface area contributed by atoms with Crippen molar-refractivity contribution < 1.29 is 23.1 Å². The molecule has 1 fully saturated rings. The van der Waals surface area contributed by atoms with Gasteiger partial charge in [-0.3, -0.25) is 4.79 Å². The highest BCUT2D eigenvalue weighted by molar-refractivity contribution is 7.89. The van der Waals surface area contributed by atoms with Crippen LogP contribution in [0.25, 0.3) is 0 Å². The van der Waals surface area contributed by atoms with E-state index >= 15 is 0 Å². The highest BCUT2D eigenvalue weighted by Gasteiger charge is 2.44. The quantitative estimate of drug-likeness (QED) is 0.582. The van der Waals surface area contributed by atoms with E-state index in [9.17, 15) is 18.0 Å². The number of carboxylic acids is 1. The van der Waals surface area contributed by atoms with Gasteiger partial charge in [-0.2, -0.15) is 0 Å². The monoisotopic (exact) mass is 307 g/mol. The Hall–Kier alpha value is -1.35. The van der Waals surface area contributed by atoms with Crippen molar-refractivity contribution in [1.82, 2.24) is 14.9 Å². The molecule has 1 aliphatic carbocycles. The molecule has 0 heterocycles. The number of hydrogen-bond donors (Lipinski definition) is 3. The summed E-state index contributed by atoms with van der Waals surface area (Å²) in [6.45, 7) is 0.0427. The molecule has 0 atom stereocenters. The smallest absolute Gasteiger partial charge is 0.314 e. The van der Waals surface area contributed by atoms with Crippen molar-refractivity contribution in [2.75, 3.05) is 32.9 Å². The summed E-state index contributed by atoms with van der Waals surface area (Å²) in [6, 6.07) is -0.550. The van der Waals surface area contributed by atoms with E-state index in [0.29, 0.717) is 12.8 Å². The molecule has 2 amide bonds. The van der Waals surface area contributed by atoms with Crippen LogP contribution in [0, 0.1) is 5.41 Å². The molecular weight excluding hydrogens is 286 g/mol. The van der Waals surface area contributed by atoms with Crippen molar-refractivity contribution in [3.8, 4) is 0 Å². The number of urea groups is 1. The molecule has 0 bridgehead atoms. The maximum atomic E-state index is 11.5. The van der Waals surface area contributed by atoms with Gasteiger partial charge >= 0.3 is 12.0 Å². The average Bonchev–Trinajstić information content (AvgIpc) is 2.26. The molecule has 0 unspecified atom stereocenters. The molecule has 1 rings (SSSR count). The molecule has 0 aliphatic heterocycles. The summed E-state index contributed by atoms with van der Waals surface area (Å²) in [7, 11) is -0.509. The Balaban J connectivity index is 2.30. The van der Waals surface area contributed by atoms with E-state index < -0.39 is 27.4 Å². The molecule has 8 nitrogen and oxygen atoms in total. The van der Waals surface area contributed by atoms with Gasteiger partial charge in [0.15, 0.2) is 0 Å². The van der Waals surface area contributed by atoms with Gasteiger partial charge in [0.05, 0.1) is 11.2 Å². The Morgan fingerprint density at radius 1 is 1.25 bits per heavy atom. The SMILES string of the molecule is CN(C)S(=O)(=O)CCNC(=O)NCC1(C(=O)O)CCC1. The lowest BCUT2D eigenvalue weighted by atomic mass is 9.69. The van der Waals surface area contributed by atoms with E-state index in [-0.39, 0.29) is 18.8 Å². The van der Waals surface area contributed by atoms with E-state index in [4.69, 9.17) is 5.11 Å². The van der Waals surface area contributed by atoms with Gasteiger partial charge in [-0.25, -0.2) is 17.5 Å². The molecule has 1 saturated carbocycles. The third-order valence-electron chi connectivity index (χ3n) is 3.55. The van der Waals surface area contributed by atoms with Gasteiger partial charge in [0, 0.05) is 27.2 Å². The highest BCUT2D eigenvalue weighted by atomic mass is 32.2. The number of sulfonamides is 1. The minimum absolute atomic E-state index is 0.0214. The second-order valence-electron chi connectivity index (χ2n) is 5.15. The lowest BCUT2D eigenvalue weighted by Crippen LogP contribution is -2.50. The summed E-state index contributed by atoms with van der Waals surface area (Å²) >= 11 is 0. The van der Waals surface area contributed by atoms with Crippen LogP contribution in [0.4, 0.5) is 4.79 Å². The number of carboxylic acid groups (broad SMARTS) is 1. The Kier molecular flexibility index (Phi) is 5.35. The standard InChI is InChI=1S/C11H21N3O5S/c1-14(2)20(18,19)7-6-12-10(17)13-8-11(9(15)16)4-3-5-11/h3-8H2,1-2H3,(H,15,16)(H2,12,13,17). The zero-order valence-electron chi connectivity index (χ0n) is 11.7. The van der Waals surface area contributed by atoms with Crippen LogP contribution < -0.4 is 10.6 Å². The molecule has 0 spiro atoms. The summed E-state index contributed by atoms with van der Waals surface area (Å²) in [6.07, 6.45) is 1.95. The molecule has 0 aromatic carbocycles. The molecule has 0 saturated heterocycles. The van der Waals surface area contributed by atoms with Gasteiger partial charge in [0.2, 0.25) is 10.0 Å². The van der Waals surface area contributed by atoms with Gasteiger partial charge in [-0.15, -0.1) is 0 Å². The van der Waals surface area contributed by atoms with Crippen molar-refractivity contribution in [2.45, 2.75) is 19.3 Å². The number of nitrogens with one attached hydrogen (secondary N) is 2. The molecule has 1 aliphatic rings. The second kappa shape index (κ2) is 6.40. The zero-order chi connectivity index (χ0) is 15.4. The van der Waals surface area contributed by atoms with Crippen LogP contribution in [0.2, 0.25) is 0 Å². The van der Waals surface area contributed by atoms with Crippen LogP contribution in [0.5, 0.6) is 0 Å². The van der Waals surface area contributed by atoms with Crippen LogP contribution >= 0.6 is 0 Å². The molecular formula is C11H21N3O5S. The Bertz CT molecular complexity index is 470. The highest BCUT2D eigenvalue weighted by Crippen LogP contribution is 2.40. The fourth-order valence-electron chi connectivity index (χ4n) is 1.86. The van der Waals surface area contributed by atoms with E-state index in [2.05, 4.69) is 10.6 Å². The van der Waals surface area contributed by atoms with Gasteiger partial charge in [0.1, 0.15) is 0 Å². The third kappa shape index (κ3) is 4.07. The van der Waals surface area contributed by atoms with Gasteiger partial charge in [0.25, 0.3) is 0 Å². The lowest BCUT2D eigenvalue weighted by molar-refractivity contribution is -0.153. The minimum Gasteiger partial charge on any atom is -0.481 e. The molecule has 116 valence electrons. The van der Waals surface area contributed by atoms with Gasteiger partial charge < -0.3 is 15.7 Å². The Morgan fingerprint density at radius 2 is 1.85 bits per heavy atom. The predicted octanol–water partition coefficient (Wildman–Crippen LogP) is -0.568. The first-order valence-corrected chi connectivity index (χ1v) is 7.96. The van der Waals surface area contributed by atoms with E-state index in [0.717, 1.165) is 10.7 Å². The number of hydrogen-bond acceptors (Lipinski definition) is 4. The maximum Gasteiger partial charge on any atom is 0.314 e. The van der Waals surface area contributed by atoms with Crippen LogP contribution in [0.15, 0.2) is 0 Å². The Labute approximate surface area is 118 Å². The van der Waals surface area contributed by atoms with E-state index in [1.165, 1.54) is 14.1 Å². The van der Waals surface area contributed by atoms with Crippen LogP contribution in [0.1, 0.15) is 19.3 Å². The molecule has 20 heavy (non-hydrogen) atoms. The normalized spacial score (nSPS) is 17.4. The van der Waals surface area contributed by atoms with Crippen LogP contribution in [0.3, 0.4) is 0 Å². The van der Waals surface area contributed by atoms with Crippen molar-refractivity contribution >= 4 is 22.0 Å². The number of aliphatic carboxylic acids is 1. The Morgan fingerprint density at radius 3 is 2.25 bits per heavy atom. The summed E-state index contributed by atoms with van der Waals surface area (Å²) in [4.78, 5) is 22.6. The van der Waals surface area contributed by atoms with Crippen molar-refractivity contribution in [3.63, 3.8) is 0 Å². The first-order chi connectivity index (χ1) is 9.19. The fourth-order valence-corrected chi connectivity index (χ4v) is 2.58. The number of carbonyl (C=O) groups is 2. The molecule has 0 radical (unpaired) electrons. The van der Waals surface area contributed by atoms with Crippen molar-refractivity contribution in [2.24, 2.45) is 5.41 Å². The molecule has 9 heteroatoms. The average molecular weight is 307 g/mol. The topological polar surface area (TPSA) is 116 Å². The molecule has 3 N–H and O–H groups in total. The molecule has 0 aromatic heterocycles.